The minimum absolute atomic E-state index is 0.260. The number of anilines is 2. The van der Waals surface area contributed by atoms with Crippen molar-refractivity contribution in [3.05, 3.63) is 70.4 Å². The van der Waals surface area contributed by atoms with E-state index in [2.05, 4.69) is 20.8 Å². The predicted octanol–water partition coefficient (Wildman–Crippen LogP) is 4.21. The third kappa shape index (κ3) is 5.77. The maximum absolute atomic E-state index is 13.0. The first-order valence-electron chi connectivity index (χ1n) is 7.79. The normalized spacial score (nSPS) is 10.7. The smallest absolute Gasteiger partial charge is 0.277 e. The van der Waals surface area contributed by atoms with Gasteiger partial charge < -0.3 is 10.1 Å². The van der Waals surface area contributed by atoms with Gasteiger partial charge in [0.05, 0.1) is 11.1 Å². The van der Waals surface area contributed by atoms with Gasteiger partial charge >= 0.3 is 0 Å². The van der Waals surface area contributed by atoms with Crippen LogP contribution in [0.3, 0.4) is 0 Å². The van der Waals surface area contributed by atoms with Crippen LogP contribution >= 0.6 is 22.9 Å². The van der Waals surface area contributed by atoms with Crippen molar-refractivity contribution in [1.82, 2.24) is 10.4 Å². The molecular formula is C18H14ClFN4O2S. The Morgan fingerprint density at radius 2 is 2.07 bits per heavy atom. The average Bonchev–Trinajstić information content (AvgIpc) is 3.00. The van der Waals surface area contributed by atoms with Crippen molar-refractivity contribution in [3.8, 4) is 5.75 Å². The molecule has 2 N–H and O–H groups in total. The number of thiazole rings is 1. The number of hydrogen-bond donors (Lipinski definition) is 2. The van der Waals surface area contributed by atoms with Gasteiger partial charge in [0, 0.05) is 11.8 Å². The van der Waals surface area contributed by atoms with Crippen LogP contribution in [-0.2, 0) is 4.79 Å². The molecule has 27 heavy (non-hydrogen) atoms. The summed E-state index contributed by atoms with van der Waals surface area (Å²) in [5.41, 5.74) is 3.20. The molecule has 0 bridgehead atoms. The summed E-state index contributed by atoms with van der Waals surface area (Å²) in [7, 11) is 0. The van der Waals surface area contributed by atoms with Gasteiger partial charge in [0.15, 0.2) is 16.9 Å². The van der Waals surface area contributed by atoms with E-state index >= 15 is 0 Å². The molecule has 1 heterocycles. The molecule has 0 spiro atoms. The van der Waals surface area contributed by atoms with E-state index in [4.69, 9.17) is 16.3 Å². The lowest BCUT2D eigenvalue weighted by Gasteiger charge is -2.04. The highest BCUT2D eigenvalue weighted by molar-refractivity contribution is 7.17. The summed E-state index contributed by atoms with van der Waals surface area (Å²) in [5.74, 6) is -0.666. The predicted molar refractivity (Wildman–Crippen MR) is 104 cm³/mol. The second kappa shape index (κ2) is 9.11. The van der Waals surface area contributed by atoms with Gasteiger partial charge in [0.2, 0.25) is 0 Å². The number of amides is 1. The van der Waals surface area contributed by atoms with Gasteiger partial charge in [-0.05, 0) is 24.3 Å². The van der Waals surface area contributed by atoms with E-state index < -0.39 is 11.7 Å². The standard InChI is InChI=1S/C18H14ClFN4O2S/c19-17-15(27-18(23-17)22-13-6-2-1-3-7-13)10-21-24-16(25)11-26-14-8-4-5-12(20)9-14/h1-10H,11H2,(H,22,23)(H,24,25)/b21-10+. The molecular weight excluding hydrogens is 391 g/mol. The molecule has 0 aliphatic heterocycles. The number of halogens is 2. The van der Waals surface area contributed by atoms with Crippen LogP contribution in [-0.4, -0.2) is 23.7 Å². The molecule has 1 amide bonds. The first-order valence-corrected chi connectivity index (χ1v) is 8.98. The largest absolute Gasteiger partial charge is 0.484 e. The summed E-state index contributed by atoms with van der Waals surface area (Å²) in [4.78, 5) is 16.5. The van der Waals surface area contributed by atoms with Gasteiger partial charge in [-0.2, -0.15) is 5.10 Å². The fourth-order valence-electron chi connectivity index (χ4n) is 1.99. The van der Waals surface area contributed by atoms with Gasteiger partial charge in [-0.15, -0.1) is 0 Å². The van der Waals surface area contributed by atoms with Crippen LogP contribution in [0.5, 0.6) is 5.75 Å². The summed E-state index contributed by atoms with van der Waals surface area (Å²) >= 11 is 7.37. The molecule has 3 rings (SSSR count). The molecule has 0 atom stereocenters. The van der Waals surface area contributed by atoms with Crippen LogP contribution in [0.25, 0.3) is 0 Å². The van der Waals surface area contributed by atoms with Crippen molar-refractivity contribution >= 4 is 45.9 Å². The number of nitrogens with zero attached hydrogens (tertiary/aromatic N) is 2. The van der Waals surface area contributed by atoms with Gasteiger partial charge in [-0.1, -0.05) is 47.2 Å². The molecule has 0 radical (unpaired) electrons. The van der Waals surface area contributed by atoms with Crippen LogP contribution in [0.2, 0.25) is 5.15 Å². The summed E-state index contributed by atoms with van der Waals surface area (Å²) in [6.07, 6.45) is 1.40. The molecule has 3 aromatic rings. The Kier molecular flexibility index (Phi) is 6.35. The molecule has 9 heteroatoms. The first kappa shape index (κ1) is 18.8. The summed E-state index contributed by atoms with van der Waals surface area (Å²) < 4.78 is 18.2. The molecule has 0 unspecified atom stereocenters. The number of nitrogens with one attached hydrogen (secondary N) is 2. The second-order valence-corrected chi connectivity index (χ2v) is 6.59. The lowest BCUT2D eigenvalue weighted by Crippen LogP contribution is -2.24. The van der Waals surface area contributed by atoms with Crippen molar-refractivity contribution in [2.75, 3.05) is 11.9 Å². The van der Waals surface area contributed by atoms with Crippen LogP contribution in [0, 0.1) is 5.82 Å². The Hall–Kier alpha value is -2.97. The maximum atomic E-state index is 13.0. The third-order valence-corrected chi connectivity index (χ3v) is 4.48. The first-order chi connectivity index (χ1) is 13.1. The zero-order valence-corrected chi connectivity index (χ0v) is 15.4. The Balaban J connectivity index is 1.51. The van der Waals surface area contributed by atoms with Gasteiger partial charge in [0.25, 0.3) is 5.91 Å². The lowest BCUT2D eigenvalue weighted by atomic mass is 10.3. The van der Waals surface area contributed by atoms with Crippen LogP contribution in [0.1, 0.15) is 4.88 Å². The highest BCUT2D eigenvalue weighted by atomic mass is 35.5. The molecule has 138 valence electrons. The second-order valence-electron chi connectivity index (χ2n) is 5.20. The van der Waals surface area contributed by atoms with E-state index in [1.165, 1.54) is 35.8 Å². The highest BCUT2D eigenvalue weighted by Gasteiger charge is 2.08. The summed E-state index contributed by atoms with van der Waals surface area (Å²) in [5, 5.41) is 7.84. The summed E-state index contributed by atoms with van der Waals surface area (Å²) in [6.45, 7) is -0.294. The number of para-hydroxylation sites is 1. The van der Waals surface area contributed by atoms with Crippen molar-refractivity contribution in [1.29, 1.82) is 0 Å². The number of hydrazone groups is 1. The number of ether oxygens (including phenoxy) is 1. The number of benzene rings is 2. The highest BCUT2D eigenvalue weighted by Crippen LogP contribution is 2.27. The monoisotopic (exact) mass is 404 g/mol. The molecule has 0 saturated heterocycles. The van der Waals surface area contributed by atoms with E-state index in [1.807, 2.05) is 30.3 Å². The van der Waals surface area contributed by atoms with Crippen LogP contribution < -0.4 is 15.5 Å². The molecule has 1 aromatic heterocycles. The molecule has 0 saturated carbocycles. The van der Waals surface area contributed by atoms with Crippen molar-refractivity contribution in [2.45, 2.75) is 0 Å². The molecule has 0 fully saturated rings. The zero-order valence-electron chi connectivity index (χ0n) is 13.9. The Bertz CT molecular complexity index is 950. The van der Waals surface area contributed by atoms with Gasteiger partial charge in [-0.25, -0.2) is 14.8 Å². The number of carbonyl (C=O) groups excluding carboxylic acids is 1. The Morgan fingerprint density at radius 1 is 1.26 bits per heavy atom. The van der Waals surface area contributed by atoms with Crippen LogP contribution in [0.15, 0.2) is 59.7 Å². The Labute approximate surface area is 163 Å². The molecule has 0 aliphatic carbocycles. The maximum Gasteiger partial charge on any atom is 0.277 e. The number of rotatable bonds is 7. The number of hydrogen-bond acceptors (Lipinski definition) is 6. The van der Waals surface area contributed by atoms with Crippen molar-refractivity contribution in [2.24, 2.45) is 5.10 Å². The fourth-order valence-corrected chi connectivity index (χ4v) is 3.04. The van der Waals surface area contributed by atoms with E-state index in [9.17, 15) is 9.18 Å². The zero-order chi connectivity index (χ0) is 19.1. The third-order valence-electron chi connectivity index (χ3n) is 3.17. The van der Waals surface area contributed by atoms with Crippen LogP contribution in [0.4, 0.5) is 15.2 Å². The van der Waals surface area contributed by atoms with Gasteiger partial charge in [0.1, 0.15) is 11.6 Å². The minimum Gasteiger partial charge on any atom is -0.484 e. The minimum atomic E-state index is -0.487. The fraction of sp³-hybridized carbons (Fsp3) is 0.0556. The number of carbonyl (C=O) groups is 1. The molecule has 6 nitrogen and oxygen atoms in total. The van der Waals surface area contributed by atoms with E-state index in [1.54, 1.807) is 6.07 Å². The average molecular weight is 405 g/mol. The van der Waals surface area contributed by atoms with Crippen molar-refractivity contribution in [3.63, 3.8) is 0 Å². The van der Waals surface area contributed by atoms with E-state index in [0.29, 0.717) is 10.0 Å². The van der Waals surface area contributed by atoms with Crippen molar-refractivity contribution < 1.29 is 13.9 Å². The van der Waals surface area contributed by atoms with Gasteiger partial charge in [-0.3, -0.25) is 4.79 Å². The quantitative estimate of drug-likeness (QED) is 0.457. The van der Waals surface area contributed by atoms with E-state index in [-0.39, 0.29) is 17.5 Å². The SMILES string of the molecule is O=C(COc1cccc(F)c1)N/N=C/c1sc(Nc2ccccc2)nc1Cl. The van der Waals surface area contributed by atoms with E-state index in [0.717, 1.165) is 5.69 Å². The summed E-state index contributed by atoms with van der Waals surface area (Å²) in [6, 6.07) is 15.1. The lowest BCUT2D eigenvalue weighted by molar-refractivity contribution is -0.123. The Morgan fingerprint density at radius 3 is 2.85 bits per heavy atom. The molecule has 2 aromatic carbocycles. The topological polar surface area (TPSA) is 75.6 Å². The molecule has 0 aliphatic rings. The number of aromatic nitrogens is 1.